The molecule has 1 amide bonds. The molecular weight excluding hydrogens is 450 g/mol. The standard InChI is InChI=1S/C26H28BrN3O/c1-2-6-21-7-5-17-29(21)24(31)14-15-26(19-10-12-20(27)13-11-19)23-9-4-3-8-22(23)25-28-16-18-30(25)26/h3-4,8-13,16,18,21H,2,5-7,14-15,17H2,1H3. The van der Waals surface area contributed by atoms with E-state index in [1.54, 1.807) is 0 Å². The van der Waals surface area contributed by atoms with Gasteiger partial charge in [-0.25, -0.2) is 4.98 Å². The van der Waals surface area contributed by atoms with E-state index >= 15 is 0 Å². The SMILES string of the molecule is CCCC1CCCN1C(=O)CCC1(c2ccc(Br)cc2)c2ccccc2-c2nccn21. The van der Waals surface area contributed by atoms with Crippen molar-refractivity contribution < 1.29 is 4.79 Å². The van der Waals surface area contributed by atoms with Crippen LogP contribution in [0.1, 0.15) is 56.6 Å². The van der Waals surface area contributed by atoms with Gasteiger partial charge in [0.05, 0.1) is 5.54 Å². The summed E-state index contributed by atoms with van der Waals surface area (Å²) in [6, 6.07) is 17.5. The third kappa shape index (κ3) is 3.34. The van der Waals surface area contributed by atoms with Crippen LogP contribution in [0.15, 0.2) is 65.4 Å². The Hall–Kier alpha value is -2.40. The molecule has 1 aromatic heterocycles. The number of hydrogen-bond donors (Lipinski definition) is 0. The molecule has 2 aromatic carbocycles. The van der Waals surface area contributed by atoms with Crippen LogP contribution < -0.4 is 0 Å². The van der Waals surface area contributed by atoms with E-state index in [1.165, 1.54) is 11.1 Å². The number of imidazole rings is 1. The molecule has 1 fully saturated rings. The first-order valence-electron chi connectivity index (χ1n) is 11.3. The predicted octanol–water partition coefficient (Wildman–Crippen LogP) is 5.99. The Kier molecular flexibility index (Phi) is 5.47. The van der Waals surface area contributed by atoms with Gasteiger partial charge in [-0.05, 0) is 48.9 Å². The fourth-order valence-corrected chi connectivity index (χ4v) is 5.89. The fraction of sp³-hybridized carbons (Fsp3) is 0.385. The van der Waals surface area contributed by atoms with Gasteiger partial charge >= 0.3 is 0 Å². The molecule has 0 spiro atoms. The van der Waals surface area contributed by atoms with Gasteiger partial charge in [0.2, 0.25) is 5.91 Å². The van der Waals surface area contributed by atoms with E-state index in [9.17, 15) is 4.79 Å². The summed E-state index contributed by atoms with van der Waals surface area (Å²) in [4.78, 5) is 20.2. The number of carbonyl (C=O) groups excluding carboxylic acids is 1. The van der Waals surface area contributed by atoms with Gasteiger partial charge < -0.3 is 9.47 Å². The van der Waals surface area contributed by atoms with Crippen molar-refractivity contribution in [1.82, 2.24) is 14.5 Å². The third-order valence-corrected chi connectivity index (χ3v) is 7.54. The molecule has 0 N–H and O–H groups in total. The molecule has 0 radical (unpaired) electrons. The van der Waals surface area contributed by atoms with Crippen molar-refractivity contribution in [1.29, 1.82) is 0 Å². The molecule has 31 heavy (non-hydrogen) atoms. The van der Waals surface area contributed by atoms with Crippen LogP contribution in [0.25, 0.3) is 11.4 Å². The summed E-state index contributed by atoms with van der Waals surface area (Å²) in [7, 11) is 0. The first kappa shape index (κ1) is 20.5. The van der Waals surface area contributed by atoms with Crippen molar-refractivity contribution in [2.24, 2.45) is 0 Å². The van der Waals surface area contributed by atoms with Crippen LogP contribution in [-0.2, 0) is 10.3 Å². The molecule has 3 aromatic rings. The maximum Gasteiger partial charge on any atom is 0.222 e. The molecule has 4 nitrogen and oxygen atoms in total. The van der Waals surface area contributed by atoms with E-state index < -0.39 is 5.54 Å². The van der Waals surface area contributed by atoms with Gasteiger partial charge in [-0.3, -0.25) is 4.79 Å². The van der Waals surface area contributed by atoms with Crippen LogP contribution in [-0.4, -0.2) is 32.9 Å². The Bertz CT molecular complexity index is 1090. The minimum absolute atomic E-state index is 0.290. The number of rotatable bonds is 6. The Morgan fingerprint density at radius 1 is 1.19 bits per heavy atom. The summed E-state index contributed by atoms with van der Waals surface area (Å²) < 4.78 is 3.33. The second-order valence-corrected chi connectivity index (χ2v) is 9.62. The Morgan fingerprint density at radius 2 is 2.00 bits per heavy atom. The first-order valence-corrected chi connectivity index (χ1v) is 12.1. The number of hydrogen-bond acceptors (Lipinski definition) is 2. The molecule has 1 saturated heterocycles. The van der Waals surface area contributed by atoms with Crippen molar-refractivity contribution in [2.75, 3.05) is 6.54 Å². The zero-order valence-electron chi connectivity index (χ0n) is 17.9. The van der Waals surface area contributed by atoms with Crippen molar-refractivity contribution in [2.45, 2.75) is 57.0 Å². The average molecular weight is 478 g/mol. The molecule has 2 aliphatic heterocycles. The number of benzene rings is 2. The molecule has 3 heterocycles. The molecular formula is C26H28BrN3O. The lowest BCUT2D eigenvalue weighted by Crippen LogP contribution is -2.38. The summed E-state index contributed by atoms with van der Waals surface area (Å²) >= 11 is 3.58. The van der Waals surface area contributed by atoms with E-state index in [-0.39, 0.29) is 0 Å². The lowest BCUT2D eigenvalue weighted by Gasteiger charge is -2.34. The quantitative estimate of drug-likeness (QED) is 0.437. The number of aromatic nitrogens is 2. The number of carbonyl (C=O) groups is 1. The number of fused-ring (bicyclic) bond motifs is 3. The summed E-state index contributed by atoms with van der Waals surface area (Å²) in [5, 5.41) is 0. The maximum atomic E-state index is 13.4. The number of amides is 1. The molecule has 0 aliphatic carbocycles. The summed E-state index contributed by atoms with van der Waals surface area (Å²) in [6.07, 6.45) is 9.71. The number of likely N-dealkylation sites (tertiary alicyclic amines) is 1. The van der Waals surface area contributed by atoms with E-state index in [2.05, 4.69) is 92.0 Å². The van der Waals surface area contributed by atoms with Crippen molar-refractivity contribution >= 4 is 21.8 Å². The molecule has 0 bridgehead atoms. The predicted molar refractivity (Wildman–Crippen MR) is 127 cm³/mol. The highest BCUT2D eigenvalue weighted by atomic mass is 79.9. The van der Waals surface area contributed by atoms with Crippen LogP contribution in [0.5, 0.6) is 0 Å². The molecule has 160 valence electrons. The van der Waals surface area contributed by atoms with Crippen LogP contribution >= 0.6 is 15.9 Å². The van der Waals surface area contributed by atoms with Gasteiger partial charge in [0.1, 0.15) is 5.82 Å². The fourth-order valence-electron chi connectivity index (χ4n) is 5.63. The highest BCUT2D eigenvalue weighted by Crippen LogP contribution is 2.49. The minimum atomic E-state index is -0.418. The lowest BCUT2D eigenvalue weighted by molar-refractivity contribution is -0.132. The molecule has 5 heteroatoms. The highest BCUT2D eigenvalue weighted by Gasteiger charge is 2.45. The van der Waals surface area contributed by atoms with Crippen LogP contribution in [0, 0.1) is 0 Å². The first-order chi connectivity index (χ1) is 15.1. The highest BCUT2D eigenvalue weighted by molar-refractivity contribution is 9.10. The number of halogens is 1. The van der Waals surface area contributed by atoms with Gasteiger partial charge in [0, 0.05) is 41.4 Å². The monoisotopic (exact) mass is 477 g/mol. The van der Waals surface area contributed by atoms with E-state index in [4.69, 9.17) is 0 Å². The second-order valence-electron chi connectivity index (χ2n) is 8.71. The normalized spacial score (nSPS) is 21.9. The van der Waals surface area contributed by atoms with Crippen LogP contribution in [0.3, 0.4) is 0 Å². The average Bonchev–Trinajstić information content (AvgIpc) is 3.50. The zero-order valence-corrected chi connectivity index (χ0v) is 19.5. The topological polar surface area (TPSA) is 38.1 Å². The minimum Gasteiger partial charge on any atom is -0.340 e. The Labute approximate surface area is 192 Å². The summed E-state index contributed by atoms with van der Waals surface area (Å²) in [5.74, 6) is 1.27. The summed E-state index contributed by atoms with van der Waals surface area (Å²) in [6.45, 7) is 3.11. The largest absolute Gasteiger partial charge is 0.340 e. The second kappa shape index (κ2) is 8.27. The molecule has 2 unspecified atom stereocenters. The van der Waals surface area contributed by atoms with Gasteiger partial charge in [0.15, 0.2) is 0 Å². The molecule has 2 aliphatic rings. The Balaban J connectivity index is 1.54. The number of nitrogens with zero attached hydrogens (tertiary/aromatic N) is 3. The van der Waals surface area contributed by atoms with E-state index in [0.29, 0.717) is 18.4 Å². The van der Waals surface area contributed by atoms with Gasteiger partial charge in [-0.15, -0.1) is 0 Å². The van der Waals surface area contributed by atoms with Crippen LogP contribution in [0.2, 0.25) is 0 Å². The summed E-state index contributed by atoms with van der Waals surface area (Å²) in [5.41, 5.74) is 3.17. The van der Waals surface area contributed by atoms with Gasteiger partial charge in [-0.2, -0.15) is 0 Å². The van der Waals surface area contributed by atoms with Gasteiger partial charge in [-0.1, -0.05) is 65.7 Å². The zero-order chi connectivity index (χ0) is 21.4. The van der Waals surface area contributed by atoms with Crippen molar-refractivity contribution in [3.63, 3.8) is 0 Å². The third-order valence-electron chi connectivity index (χ3n) is 7.01. The maximum absolute atomic E-state index is 13.4. The lowest BCUT2D eigenvalue weighted by atomic mass is 9.79. The molecule has 2 atom stereocenters. The van der Waals surface area contributed by atoms with Crippen LogP contribution in [0.4, 0.5) is 0 Å². The van der Waals surface area contributed by atoms with Crippen molar-refractivity contribution in [3.05, 3.63) is 76.5 Å². The smallest absolute Gasteiger partial charge is 0.222 e. The molecule has 0 saturated carbocycles. The van der Waals surface area contributed by atoms with E-state index in [1.807, 2.05) is 6.20 Å². The molecule has 5 rings (SSSR count). The van der Waals surface area contributed by atoms with Gasteiger partial charge in [0.25, 0.3) is 0 Å². The Morgan fingerprint density at radius 3 is 2.81 bits per heavy atom. The van der Waals surface area contributed by atoms with Crippen molar-refractivity contribution in [3.8, 4) is 11.4 Å². The van der Waals surface area contributed by atoms with E-state index in [0.717, 1.165) is 54.5 Å².